The molecule has 90 valence electrons. The van der Waals surface area contributed by atoms with E-state index < -0.39 is 0 Å². The van der Waals surface area contributed by atoms with Crippen LogP contribution < -0.4 is 0 Å². The van der Waals surface area contributed by atoms with Crippen molar-refractivity contribution < 1.29 is 0 Å². The molecule has 0 heterocycles. The molecular formula is C18H18. The van der Waals surface area contributed by atoms with Crippen molar-refractivity contribution in [3.63, 3.8) is 0 Å². The number of hydrogen-bond donors (Lipinski definition) is 0. The molecule has 18 heavy (non-hydrogen) atoms. The molecule has 0 aliphatic heterocycles. The summed E-state index contributed by atoms with van der Waals surface area (Å²) in [5, 5.41) is 0. The third kappa shape index (κ3) is 2.46. The van der Waals surface area contributed by atoms with E-state index in [1.54, 1.807) is 0 Å². The fourth-order valence-electron chi connectivity index (χ4n) is 2.06. The molecule has 0 nitrogen and oxygen atoms in total. The van der Waals surface area contributed by atoms with Crippen LogP contribution in [0.25, 0.3) is 0 Å². The molecule has 2 rings (SSSR count). The van der Waals surface area contributed by atoms with Crippen molar-refractivity contribution >= 4 is 0 Å². The predicted octanol–water partition coefficient (Wildman–Crippen LogP) is 4.32. The lowest BCUT2D eigenvalue weighted by atomic mass is 9.94. The number of hydrogen-bond acceptors (Lipinski definition) is 0. The summed E-state index contributed by atoms with van der Waals surface area (Å²) in [5.74, 6) is 6.58. The SMILES string of the molecule is Cc1cc(C)c(C)c(C#Cc2ccccc2)c1C. The molecule has 0 radical (unpaired) electrons. The highest BCUT2D eigenvalue weighted by Gasteiger charge is 2.05. The Hall–Kier alpha value is -2.00. The van der Waals surface area contributed by atoms with Crippen LogP contribution >= 0.6 is 0 Å². The van der Waals surface area contributed by atoms with Crippen molar-refractivity contribution in [2.24, 2.45) is 0 Å². The zero-order chi connectivity index (χ0) is 13.1. The minimum Gasteiger partial charge on any atom is -0.0622 e. The van der Waals surface area contributed by atoms with Crippen LogP contribution in [0, 0.1) is 39.5 Å². The molecule has 0 aliphatic rings. The quantitative estimate of drug-likeness (QED) is 0.595. The number of aryl methyl sites for hydroxylation is 2. The second kappa shape index (κ2) is 5.10. The average molecular weight is 234 g/mol. The second-order valence-corrected chi connectivity index (χ2v) is 4.75. The van der Waals surface area contributed by atoms with Crippen LogP contribution in [0.4, 0.5) is 0 Å². The van der Waals surface area contributed by atoms with Gasteiger partial charge < -0.3 is 0 Å². The van der Waals surface area contributed by atoms with Crippen LogP contribution in [0.1, 0.15) is 33.4 Å². The monoisotopic (exact) mass is 234 g/mol. The van der Waals surface area contributed by atoms with E-state index in [0.717, 1.165) is 5.56 Å². The third-order valence-corrected chi connectivity index (χ3v) is 3.47. The zero-order valence-corrected chi connectivity index (χ0v) is 11.5. The van der Waals surface area contributed by atoms with Gasteiger partial charge in [-0.05, 0) is 62.1 Å². The standard InChI is InChI=1S/C18H18/c1-13-12-14(2)16(4)18(15(13)3)11-10-17-8-6-5-7-9-17/h5-9,12H,1-4H3. The van der Waals surface area contributed by atoms with E-state index in [2.05, 4.69) is 45.6 Å². The van der Waals surface area contributed by atoms with E-state index in [9.17, 15) is 0 Å². The molecule has 0 aliphatic carbocycles. The smallest absolute Gasteiger partial charge is 0.0312 e. The molecule has 0 heteroatoms. The lowest BCUT2D eigenvalue weighted by Gasteiger charge is -2.10. The van der Waals surface area contributed by atoms with Crippen LogP contribution in [0.5, 0.6) is 0 Å². The average Bonchev–Trinajstić information content (AvgIpc) is 2.38. The summed E-state index contributed by atoms with van der Waals surface area (Å²) >= 11 is 0. The van der Waals surface area contributed by atoms with Gasteiger partial charge in [-0.25, -0.2) is 0 Å². The lowest BCUT2D eigenvalue weighted by molar-refractivity contribution is 1.22. The molecule has 0 aromatic heterocycles. The third-order valence-electron chi connectivity index (χ3n) is 3.47. The summed E-state index contributed by atoms with van der Waals surface area (Å²) in [7, 11) is 0. The Kier molecular flexibility index (Phi) is 3.53. The molecule has 0 fully saturated rings. The van der Waals surface area contributed by atoms with Crippen LogP contribution in [0.2, 0.25) is 0 Å². The van der Waals surface area contributed by atoms with Gasteiger partial charge >= 0.3 is 0 Å². The Labute approximate surface area is 110 Å². The normalized spacial score (nSPS) is 9.78. The van der Waals surface area contributed by atoms with E-state index in [1.165, 1.54) is 27.8 Å². The van der Waals surface area contributed by atoms with Gasteiger partial charge in [0.25, 0.3) is 0 Å². The Morgan fingerprint density at radius 1 is 0.722 bits per heavy atom. The summed E-state index contributed by atoms with van der Waals surface area (Å²) in [6.45, 7) is 8.60. The van der Waals surface area contributed by atoms with Gasteiger partial charge in [-0.15, -0.1) is 0 Å². The van der Waals surface area contributed by atoms with Gasteiger partial charge in [0.05, 0.1) is 0 Å². The largest absolute Gasteiger partial charge is 0.0622 e. The second-order valence-electron chi connectivity index (χ2n) is 4.75. The molecule has 0 N–H and O–H groups in total. The van der Waals surface area contributed by atoms with E-state index in [0.29, 0.717) is 0 Å². The first kappa shape index (κ1) is 12.5. The highest BCUT2D eigenvalue weighted by atomic mass is 14.1. The van der Waals surface area contributed by atoms with E-state index in [1.807, 2.05) is 30.3 Å². The van der Waals surface area contributed by atoms with Gasteiger partial charge in [0.2, 0.25) is 0 Å². The molecule has 0 saturated carbocycles. The molecule has 0 spiro atoms. The van der Waals surface area contributed by atoms with E-state index >= 15 is 0 Å². The molecule has 0 unspecified atom stereocenters. The van der Waals surface area contributed by atoms with Crippen LogP contribution in [-0.4, -0.2) is 0 Å². The Bertz CT molecular complexity index is 596. The molecule has 0 amide bonds. The fraction of sp³-hybridized carbons (Fsp3) is 0.222. The van der Waals surface area contributed by atoms with Crippen molar-refractivity contribution in [3.8, 4) is 11.8 Å². The molecule has 2 aromatic carbocycles. The topological polar surface area (TPSA) is 0 Å². The van der Waals surface area contributed by atoms with Crippen LogP contribution in [0.15, 0.2) is 36.4 Å². The van der Waals surface area contributed by atoms with Gasteiger partial charge in [-0.1, -0.05) is 36.1 Å². The van der Waals surface area contributed by atoms with Crippen molar-refractivity contribution in [1.82, 2.24) is 0 Å². The molecule has 0 bridgehead atoms. The summed E-state index contributed by atoms with van der Waals surface area (Å²) in [6.07, 6.45) is 0. The van der Waals surface area contributed by atoms with Crippen molar-refractivity contribution in [1.29, 1.82) is 0 Å². The Morgan fingerprint density at radius 3 is 1.83 bits per heavy atom. The number of benzene rings is 2. The maximum Gasteiger partial charge on any atom is 0.0312 e. The summed E-state index contributed by atoms with van der Waals surface area (Å²) < 4.78 is 0. The van der Waals surface area contributed by atoms with Crippen molar-refractivity contribution in [2.45, 2.75) is 27.7 Å². The Balaban J connectivity index is 2.51. The lowest BCUT2D eigenvalue weighted by Crippen LogP contribution is -1.95. The maximum absolute atomic E-state index is 3.33. The zero-order valence-electron chi connectivity index (χ0n) is 11.5. The summed E-state index contributed by atoms with van der Waals surface area (Å²) in [6, 6.07) is 12.4. The minimum atomic E-state index is 1.07. The fourth-order valence-corrected chi connectivity index (χ4v) is 2.06. The maximum atomic E-state index is 3.33. The molecule has 0 atom stereocenters. The first-order valence-corrected chi connectivity index (χ1v) is 6.24. The molecule has 2 aromatic rings. The first-order valence-electron chi connectivity index (χ1n) is 6.24. The summed E-state index contributed by atoms with van der Waals surface area (Å²) in [4.78, 5) is 0. The van der Waals surface area contributed by atoms with E-state index in [4.69, 9.17) is 0 Å². The van der Waals surface area contributed by atoms with Gasteiger partial charge in [0, 0.05) is 11.1 Å². The minimum absolute atomic E-state index is 1.07. The van der Waals surface area contributed by atoms with E-state index in [-0.39, 0.29) is 0 Å². The number of rotatable bonds is 0. The van der Waals surface area contributed by atoms with Crippen molar-refractivity contribution in [3.05, 3.63) is 69.8 Å². The summed E-state index contributed by atoms with van der Waals surface area (Å²) in [5.41, 5.74) is 7.46. The van der Waals surface area contributed by atoms with Crippen molar-refractivity contribution in [2.75, 3.05) is 0 Å². The van der Waals surface area contributed by atoms with Crippen LogP contribution in [-0.2, 0) is 0 Å². The highest BCUT2D eigenvalue weighted by Crippen LogP contribution is 2.20. The highest BCUT2D eigenvalue weighted by molar-refractivity contribution is 5.54. The predicted molar refractivity (Wildman–Crippen MR) is 77.8 cm³/mol. The van der Waals surface area contributed by atoms with Gasteiger partial charge in [0.15, 0.2) is 0 Å². The van der Waals surface area contributed by atoms with Gasteiger partial charge in [0.1, 0.15) is 0 Å². The van der Waals surface area contributed by atoms with Gasteiger partial charge in [-0.3, -0.25) is 0 Å². The van der Waals surface area contributed by atoms with Gasteiger partial charge in [-0.2, -0.15) is 0 Å². The first-order chi connectivity index (χ1) is 8.59. The Morgan fingerprint density at radius 2 is 1.28 bits per heavy atom. The molecule has 0 saturated heterocycles. The molecular weight excluding hydrogens is 216 g/mol. The van der Waals surface area contributed by atoms with Crippen LogP contribution in [0.3, 0.4) is 0 Å².